The van der Waals surface area contributed by atoms with Gasteiger partial charge >= 0.3 is 0 Å². The molecule has 2 aromatic carbocycles. The molecule has 0 radical (unpaired) electrons. The fourth-order valence-electron chi connectivity index (χ4n) is 2.14. The predicted molar refractivity (Wildman–Crippen MR) is 92.7 cm³/mol. The fraction of sp³-hybridized carbons (Fsp3) is 0. The Bertz CT molecular complexity index is 913. The van der Waals surface area contributed by atoms with E-state index in [0.29, 0.717) is 26.6 Å². The number of H-pyrrole nitrogens is 1. The molecule has 4 N–H and O–H groups in total. The molecule has 8 heteroatoms. The smallest absolute Gasteiger partial charge is 0.251 e. The molecule has 3 rings (SSSR count). The maximum absolute atomic E-state index is 14.2. The van der Waals surface area contributed by atoms with Crippen LogP contribution in [0.15, 0.2) is 41.4 Å². The Morgan fingerprint density at radius 3 is 2.74 bits per heavy atom. The van der Waals surface area contributed by atoms with E-state index in [4.69, 9.17) is 28.9 Å². The van der Waals surface area contributed by atoms with Gasteiger partial charge in [0.05, 0.1) is 31.7 Å². The number of hydrogen-bond donors (Lipinski definition) is 3. The number of primary amides is 1. The third kappa shape index (κ3) is 2.97. The Labute approximate surface area is 145 Å². The first-order chi connectivity index (χ1) is 11.0. The van der Waals surface area contributed by atoms with Crippen molar-refractivity contribution in [1.82, 2.24) is 4.98 Å². The summed E-state index contributed by atoms with van der Waals surface area (Å²) in [6.45, 7) is 0. The number of aromatic amines is 1. The molecule has 3 aromatic rings. The van der Waals surface area contributed by atoms with E-state index in [-0.39, 0.29) is 10.5 Å². The molecular formula is C15H10Cl2FN3OS. The molecule has 0 fully saturated rings. The van der Waals surface area contributed by atoms with Gasteiger partial charge in [0, 0.05) is 11.6 Å². The molecule has 0 bridgehead atoms. The van der Waals surface area contributed by atoms with Gasteiger partial charge in [0.1, 0.15) is 0 Å². The van der Waals surface area contributed by atoms with E-state index in [2.05, 4.69) is 9.71 Å². The van der Waals surface area contributed by atoms with Crippen LogP contribution in [0.5, 0.6) is 0 Å². The van der Waals surface area contributed by atoms with Gasteiger partial charge < -0.3 is 15.4 Å². The van der Waals surface area contributed by atoms with Crippen molar-refractivity contribution in [2.24, 2.45) is 5.73 Å². The molecule has 118 valence electrons. The molecule has 0 aliphatic heterocycles. The minimum Gasteiger partial charge on any atom is -0.366 e. The van der Waals surface area contributed by atoms with Gasteiger partial charge in [0.25, 0.3) is 5.91 Å². The molecule has 0 aliphatic rings. The Kier molecular flexibility index (Phi) is 4.39. The van der Waals surface area contributed by atoms with Gasteiger partial charge in [-0.1, -0.05) is 29.3 Å². The summed E-state index contributed by atoms with van der Waals surface area (Å²) in [5.74, 6) is -1.47. The molecule has 0 unspecified atom stereocenters. The minimum absolute atomic E-state index is 0.152. The average molecular weight is 370 g/mol. The summed E-state index contributed by atoms with van der Waals surface area (Å²) < 4.78 is 17.2. The van der Waals surface area contributed by atoms with Crippen LogP contribution in [0.1, 0.15) is 10.4 Å². The van der Waals surface area contributed by atoms with Gasteiger partial charge in [-0.25, -0.2) is 4.39 Å². The summed E-state index contributed by atoms with van der Waals surface area (Å²) >= 11 is 13.2. The summed E-state index contributed by atoms with van der Waals surface area (Å²) in [6, 6.07) is 7.90. The van der Waals surface area contributed by atoms with Crippen molar-refractivity contribution < 1.29 is 9.18 Å². The number of carbonyl (C=O) groups is 1. The molecule has 0 aliphatic carbocycles. The second-order valence-corrected chi connectivity index (χ2v) is 6.33. The lowest BCUT2D eigenvalue weighted by Gasteiger charge is -2.09. The maximum Gasteiger partial charge on any atom is 0.251 e. The number of amides is 1. The number of anilines is 1. The van der Waals surface area contributed by atoms with Crippen molar-refractivity contribution >= 4 is 57.6 Å². The number of aromatic nitrogens is 1. The van der Waals surface area contributed by atoms with Crippen LogP contribution >= 0.6 is 35.1 Å². The van der Waals surface area contributed by atoms with E-state index in [0.717, 1.165) is 11.9 Å². The van der Waals surface area contributed by atoms with Crippen LogP contribution in [0.3, 0.4) is 0 Å². The largest absolute Gasteiger partial charge is 0.366 e. The van der Waals surface area contributed by atoms with Gasteiger partial charge in [0.2, 0.25) is 0 Å². The van der Waals surface area contributed by atoms with Crippen LogP contribution < -0.4 is 10.5 Å². The number of hydrogen-bond acceptors (Lipinski definition) is 3. The third-order valence-corrected chi connectivity index (χ3v) is 4.71. The Balaban J connectivity index is 1.92. The summed E-state index contributed by atoms with van der Waals surface area (Å²) in [5, 5.41) is 1.70. The second-order valence-electron chi connectivity index (χ2n) is 4.67. The average Bonchev–Trinajstić information content (AvgIpc) is 2.91. The standard InChI is InChI=1S/C15H10Cl2FN3OS/c16-8-4-5-10(14-12(8)9(17)6-20-14)21-23-11-3-1-2-7(13(11)18)15(19)22/h1-6,20-21H,(H2,19,22). The van der Waals surface area contributed by atoms with E-state index in [1.807, 2.05) is 0 Å². The predicted octanol–water partition coefficient (Wildman–Crippen LogP) is 4.83. The lowest BCUT2D eigenvalue weighted by molar-refractivity contribution is 0.0996. The van der Waals surface area contributed by atoms with Crippen molar-refractivity contribution in [3.63, 3.8) is 0 Å². The molecule has 0 spiro atoms. The number of rotatable bonds is 4. The molecule has 0 saturated carbocycles. The van der Waals surface area contributed by atoms with E-state index in [9.17, 15) is 9.18 Å². The van der Waals surface area contributed by atoms with Gasteiger partial charge in [-0.2, -0.15) is 0 Å². The highest BCUT2D eigenvalue weighted by molar-refractivity contribution is 8.00. The van der Waals surface area contributed by atoms with E-state index < -0.39 is 11.7 Å². The number of nitrogens with one attached hydrogen (secondary N) is 2. The lowest BCUT2D eigenvalue weighted by atomic mass is 10.2. The highest BCUT2D eigenvalue weighted by Crippen LogP contribution is 2.36. The first-order valence-electron chi connectivity index (χ1n) is 6.45. The van der Waals surface area contributed by atoms with Crippen LogP contribution in [0.2, 0.25) is 10.0 Å². The number of carbonyl (C=O) groups excluding carboxylic acids is 1. The molecule has 4 nitrogen and oxygen atoms in total. The minimum atomic E-state index is -0.810. The maximum atomic E-state index is 14.2. The van der Waals surface area contributed by atoms with E-state index >= 15 is 0 Å². The van der Waals surface area contributed by atoms with Crippen molar-refractivity contribution in [2.45, 2.75) is 4.90 Å². The van der Waals surface area contributed by atoms with Crippen molar-refractivity contribution in [2.75, 3.05) is 4.72 Å². The highest BCUT2D eigenvalue weighted by Gasteiger charge is 2.14. The summed E-state index contributed by atoms with van der Waals surface area (Å²) in [7, 11) is 0. The number of halogens is 3. The normalized spacial score (nSPS) is 10.9. The van der Waals surface area contributed by atoms with Gasteiger partial charge in [-0.05, 0) is 36.2 Å². The van der Waals surface area contributed by atoms with E-state index in [1.165, 1.54) is 6.07 Å². The monoisotopic (exact) mass is 369 g/mol. The molecule has 1 amide bonds. The molecular weight excluding hydrogens is 360 g/mol. The van der Waals surface area contributed by atoms with Crippen molar-refractivity contribution in [3.05, 3.63) is 58.0 Å². The molecule has 23 heavy (non-hydrogen) atoms. The van der Waals surface area contributed by atoms with Gasteiger partial charge in [-0.15, -0.1) is 0 Å². The zero-order chi connectivity index (χ0) is 16.6. The lowest BCUT2D eigenvalue weighted by Crippen LogP contribution is -2.13. The van der Waals surface area contributed by atoms with Gasteiger partial charge in [-0.3, -0.25) is 4.79 Å². The number of benzene rings is 2. The SMILES string of the molecule is NC(=O)c1cccc(SNc2ccc(Cl)c3c(Cl)c[nH]c23)c1F. The molecule has 1 heterocycles. The number of nitrogens with two attached hydrogens (primary N) is 1. The molecule has 0 saturated heterocycles. The Hall–Kier alpha value is -1.89. The highest BCUT2D eigenvalue weighted by atomic mass is 35.5. The quantitative estimate of drug-likeness (QED) is 0.576. The van der Waals surface area contributed by atoms with E-state index in [1.54, 1.807) is 30.5 Å². The van der Waals surface area contributed by atoms with Crippen molar-refractivity contribution in [1.29, 1.82) is 0 Å². The third-order valence-electron chi connectivity index (χ3n) is 3.24. The zero-order valence-electron chi connectivity index (χ0n) is 11.5. The van der Waals surface area contributed by atoms with Gasteiger partial charge in [0.15, 0.2) is 5.82 Å². The topological polar surface area (TPSA) is 70.9 Å². The molecule has 0 atom stereocenters. The van der Waals surface area contributed by atoms with Crippen molar-refractivity contribution in [3.8, 4) is 0 Å². The second kappa shape index (κ2) is 6.31. The Morgan fingerprint density at radius 1 is 1.22 bits per heavy atom. The summed E-state index contributed by atoms with van der Waals surface area (Å²) in [5.41, 5.74) is 6.38. The van der Waals surface area contributed by atoms with Crippen LogP contribution in [0.4, 0.5) is 10.1 Å². The summed E-state index contributed by atoms with van der Waals surface area (Å²) in [4.78, 5) is 14.5. The zero-order valence-corrected chi connectivity index (χ0v) is 13.8. The summed E-state index contributed by atoms with van der Waals surface area (Å²) in [6.07, 6.45) is 1.63. The van der Waals surface area contributed by atoms with Crippen LogP contribution in [-0.4, -0.2) is 10.9 Å². The van der Waals surface area contributed by atoms with Crippen LogP contribution in [-0.2, 0) is 0 Å². The Morgan fingerprint density at radius 2 is 2.00 bits per heavy atom. The fourth-order valence-corrected chi connectivity index (χ4v) is 3.44. The number of fused-ring (bicyclic) bond motifs is 1. The van der Waals surface area contributed by atoms with Crippen LogP contribution in [0.25, 0.3) is 10.9 Å². The van der Waals surface area contributed by atoms with Crippen LogP contribution in [0, 0.1) is 5.82 Å². The first-order valence-corrected chi connectivity index (χ1v) is 8.02. The first kappa shape index (κ1) is 16.0. The molecule has 1 aromatic heterocycles.